The third-order valence-electron chi connectivity index (χ3n) is 7.06. The monoisotopic (exact) mass is 565 g/mol. The summed E-state index contributed by atoms with van der Waals surface area (Å²) in [5, 5.41) is 0. The molecular formula is C29H59NO7S. The zero-order valence-corrected chi connectivity index (χ0v) is 26.0. The Morgan fingerprint density at radius 1 is 0.737 bits per heavy atom. The molecule has 0 radical (unpaired) electrons. The maximum atomic E-state index is 11.8. The molecule has 0 fully saturated rings. The largest absolute Gasteiger partial charge is 0.726 e. The summed E-state index contributed by atoms with van der Waals surface area (Å²) < 4.78 is 43.1. The molecule has 0 aliphatic heterocycles. The van der Waals surface area contributed by atoms with Crippen molar-refractivity contribution in [1.29, 1.82) is 0 Å². The highest BCUT2D eigenvalue weighted by Gasteiger charge is 2.19. The number of unbranched alkanes of at least 4 members (excludes halogenated alkanes) is 11. The third-order valence-corrected chi connectivity index (χ3v) is 7.47. The minimum atomic E-state index is -4.41. The van der Waals surface area contributed by atoms with Crippen molar-refractivity contribution in [2.45, 2.75) is 118 Å². The average molecular weight is 566 g/mol. The second-order valence-electron chi connectivity index (χ2n) is 9.76. The molecule has 0 saturated heterocycles. The molecule has 38 heavy (non-hydrogen) atoms. The number of rotatable bonds is 25. The van der Waals surface area contributed by atoms with Crippen molar-refractivity contribution in [3.05, 3.63) is 12.2 Å². The molecule has 0 amide bonds. The number of esters is 1. The minimum Gasteiger partial charge on any atom is -0.726 e. The molecule has 9 heteroatoms. The van der Waals surface area contributed by atoms with Gasteiger partial charge < -0.3 is 18.5 Å². The Kier molecular flexibility index (Phi) is 28.4. The molecule has 0 aromatic heterocycles. The van der Waals surface area contributed by atoms with E-state index >= 15 is 0 Å². The molecule has 0 unspecified atom stereocenters. The van der Waals surface area contributed by atoms with Crippen molar-refractivity contribution in [1.82, 2.24) is 0 Å². The van der Waals surface area contributed by atoms with Crippen LogP contribution < -0.4 is 0 Å². The van der Waals surface area contributed by atoms with Gasteiger partial charge in [-0.3, -0.25) is 8.98 Å². The summed E-state index contributed by atoms with van der Waals surface area (Å²) in [6.07, 6.45) is 21.8. The van der Waals surface area contributed by atoms with Gasteiger partial charge in [0.25, 0.3) is 0 Å². The molecule has 0 aliphatic carbocycles. The number of quaternary nitrogens is 1. The highest BCUT2D eigenvalue weighted by molar-refractivity contribution is 7.80. The van der Waals surface area contributed by atoms with Crippen molar-refractivity contribution in [2.75, 3.05) is 53.1 Å². The zero-order valence-electron chi connectivity index (χ0n) is 25.2. The fraction of sp³-hybridized carbons (Fsp3) is 0.897. The molecule has 0 spiro atoms. The number of likely N-dealkylation sites (N-methyl/N-ethyl adjacent to an activating group) is 1. The third kappa shape index (κ3) is 28.0. The molecule has 0 atom stereocenters. The standard InChI is InChI=1S/C28H56NO3.CH4O4S/c1-5-9-10-11-12-13-14-15-16-17-18-19-20-21-22-23-28(30)32-27-26-31-25-24-29(6-2,7-3)8-4;1-5-6(2,3)4/h15-16H,5-14,17-27H2,1-4H3;1H3,(H,2,3,4)/q+1;/p-1/b16-15-;. The number of hydrogen-bond acceptors (Lipinski definition) is 7. The van der Waals surface area contributed by atoms with Gasteiger partial charge in [-0.2, -0.15) is 0 Å². The number of allylic oxidation sites excluding steroid dienone is 2. The number of hydrogen-bond donors (Lipinski definition) is 0. The van der Waals surface area contributed by atoms with E-state index in [1.54, 1.807) is 0 Å². The first-order valence-corrected chi connectivity index (χ1v) is 16.3. The van der Waals surface area contributed by atoms with Crippen LogP contribution in [-0.4, -0.2) is 76.5 Å². The molecule has 0 rings (SSSR count). The lowest BCUT2D eigenvalue weighted by Crippen LogP contribution is -2.49. The van der Waals surface area contributed by atoms with E-state index in [-0.39, 0.29) is 5.97 Å². The minimum absolute atomic E-state index is 0.0768. The summed E-state index contributed by atoms with van der Waals surface area (Å²) in [5.74, 6) is -0.0768. The Morgan fingerprint density at radius 3 is 1.68 bits per heavy atom. The summed E-state index contributed by atoms with van der Waals surface area (Å²) in [4.78, 5) is 11.8. The van der Waals surface area contributed by atoms with E-state index < -0.39 is 10.4 Å². The van der Waals surface area contributed by atoms with Crippen molar-refractivity contribution in [3.8, 4) is 0 Å². The van der Waals surface area contributed by atoms with Gasteiger partial charge in [0, 0.05) is 6.42 Å². The maximum Gasteiger partial charge on any atom is 0.305 e. The average Bonchev–Trinajstić information content (AvgIpc) is 2.91. The topological polar surface area (TPSA) is 102 Å². The lowest BCUT2D eigenvalue weighted by atomic mass is 10.1. The van der Waals surface area contributed by atoms with E-state index in [0.29, 0.717) is 19.6 Å². The van der Waals surface area contributed by atoms with Crippen molar-refractivity contribution >= 4 is 16.4 Å². The van der Waals surface area contributed by atoms with Crippen LogP contribution in [-0.2, 0) is 28.9 Å². The SMILES string of the molecule is CCCCCCCC/C=C\CCCCCCCC(=O)OCCOCC[N+](CC)(CC)CC.COS(=O)(=O)[O-]. The van der Waals surface area contributed by atoms with Crippen molar-refractivity contribution in [3.63, 3.8) is 0 Å². The van der Waals surface area contributed by atoms with Crippen molar-refractivity contribution < 1.29 is 35.9 Å². The fourth-order valence-corrected chi connectivity index (χ4v) is 4.13. The first kappa shape index (κ1) is 39.1. The van der Waals surface area contributed by atoms with Gasteiger partial charge in [0.05, 0.1) is 40.0 Å². The van der Waals surface area contributed by atoms with E-state index in [4.69, 9.17) is 9.47 Å². The number of carbonyl (C=O) groups is 1. The molecule has 228 valence electrons. The van der Waals surface area contributed by atoms with Crippen LogP contribution in [0.4, 0.5) is 0 Å². The maximum absolute atomic E-state index is 11.8. The van der Waals surface area contributed by atoms with Crippen LogP contribution in [0.2, 0.25) is 0 Å². The highest BCUT2D eigenvalue weighted by atomic mass is 32.3. The van der Waals surface area contributed by atoms with Crippen LogP contribution in [0.1, 0.15) is 118 Å². The van der Waals surface area contributed by atoms with Gasteiger partial charge in [0.1, 0.15) is 13.2 Å². The fourth-order valence-electron chi connectivity index (χ4n) is 4.13. The van der Waals surface area contributed by atoms with E-state index in [0.717, 1.165) is 57.2 Å². The molecule has 0 aromatic carbocycles. The van der Waals surface area contributed by atoms with Crippen LogP contribution in [0.5, 0.6) is 0 Å². The summed E-state index contributed by atoms with van der Waals surface area (Å²) in [5.41, 5.74) is 0. The zero-order chi connectivity index (χ0) is 29.0. The molecule has 0 aromatic rings. The molecular weight excluding hydrogens is 506 g/mol. The first-order valence-electron chi connectivity index (χ1n) is 14.9. The molecule has 0 N–H and O–H groups in total. The van der Waals surface area contributed by atoms with Crippen LogP contribution in [0.25, 0.3) is 0 Å². The Balaban J connectivity index is 0. The van der Waals surface area contributed by atoms with Gasteiger partial charge in [0.2, 0.25) is 10.4 Å². The summed E-state index contributed by atoms with van der Waals surface area (Å²) in [7, 11) is -3.60. The lowest BCUT2D eigenvalue weighted by Gasteiger charge is -2.35. The Hall–Kier alpha value is -1.00. The molecule has 0 aliphatic rings. The predicted octanol–water partition coefficient (Wildman–Crippen LogP) is 6.55. The Labute approximate surface area is 235 Å². The predicted molar refractivity (Wildman–Crippen MR) is 155 cm³/mol. The second kappa shape index (κ2) is 27.6. The quantitative estimate of drug-likeness (QED) is 0.0309. The summed E-state index contributed by atoms with van der Waals surface area (Å²) >= 11 is 0. The number of nitrogens with zero attached hydrogens (tertiary/aromatic N) is 1. The molecule has 0 saturated carbocycles. The van der Waals surface area contributed by atoms with Crippen LogP contribution in [0.15, 0.2) is 12.2 Å². The number of ether oxygens (including phenoxy) is 2. The van der Waals surface area contributed by atoms with E-state index in [9.17, 15) is 17.8 Å². The smallest absolute Gasteiger partial charge is 0.305 e. The van der Waals surface area contributed by atoms with Crippen LogP contribution in [0.3, 0.4) is 0 Å². The highest BCUT2D eigenvalue weighted by Crippen LogP contribution is 2.10. The lowest BCUT2D eigenvalue weighted by molar-refractivity contribution is -0.923. The van der Waals surface area contributed by atoms with Gasteiger partial charge in [-0.1, -0.05) is 70.4 Å². The van der Waals surface area contributed by atoms with E-state index in [1.165, 1.54) is 70.6 Å². The summed E-state index contributed by atoms with van der Waals surface area (Å²) in [6, 6.07) is 0. The number of carbonyl (C=O) groups excluding carboxylic acids is 1. The van der Waals surface area contributed by atoms with Gasteiger partial charge in [-0.05, 0) is 52.9 Å². The van der Waals surface area contributed by atoms with E-state index in [2.05, 4.69) is 44.0 Å². The van der Waals surface area contributed by atoms with Crippen molar-refractivity contribution in [2.24, 2.45) is 0 Å². The van der Waals surface area contributed by atoms with Gasteiger partial charge in [0.15, 0.2) is 0 Å². The van der Waals surface area contributed by atoms with Crippen LogP contribution in [0, 0.1) is 0 Å². The molecule has 0 heterocycles. The first-order chi connectivity index (χ1) is 18.2. The summed E-state index contributed by atoms with van der Waals surface area (Å²) in [6.45, 7) is 15.1. The Bertz CT molecular complexity index is 641. The van der Waals surface area contributed by atoms with E-state index in [1.807, 2.05) is 0 Å². The normalized spacial score (nSPS) is 11.9. The van der Waals surface area contributed by atoms with Gasteiger partial charge in [-0.15, -0.1) is 0 Å². The molecule has 0 bridgehead atoms. The second-order valence-corrected chi connectivity index (χ2v) is 10.9. The Morgan fingerprint density at radius 2 is 1.21 bits per heavy atom. The van der Waals surface area contributed by atoms with Crippen LogP contribution >= 0.6 is 0 Å². The molecule has 8 nitrogen and oxygen atoms in total. The van der Waals surface area contributed by atoms with Gasteiger partial charge >= 0.3 is 5.97 Å². The van der Waals surface area contributed by atoms with Gasteiger partial charge in [-0.25, -0.2) is 8.42 Å².